The Kier molecular flexibility index (Phi) is 30.6. The molecular formula is C77H84N20. The van der Waals surface area contributed by atoms with Gasteiger partial charge in [0.05, 0.1) is 64.9 Å². The third-order valence-corrected chi connectivity index (χ3v) is 13.2. The summed E-state index contributed by atoms with van der Waals surface area (Å²) in [7, 11) is 0. The van der Waals surface area contributed by atoms with Crippen LogP contribution in [-0.2, 0) is 0 Å². The fourth-order valence-corrected chi connectivity index (χ4v) is 8.80. The molecule has 97 heavy (non-hydrogen) atoms. The molecule has 20 rings (SSSR count). The maximum Gasteiger partial charge on any atom is 0.154 e. The molecule has 0 atom stereocenters. The fourth-order valence-electron chi connectivity index (χ4n) is 8.80. The molecule has 492 valence electrons. The van der Waals surface area contributed by atoms with Crippen molar-refractivity contribution in [3.63, 3.8) is 0 Å². The highest BCUT2D eigenvalue weighted by Crippen LogP contribution is 2.11. The summed E-state index contributed by atoms with van der Waals surface area (Å²) < 4.78 is 16.9. The van der Waals surface area contributed by atoms with E-state index in [1.807, 2.05) is 242 Å². The minimum atomic E-state index is 0. The summed E-state index contributed by atoms with van der Waals surface area (Å²) in [6, 6.07) is 68.2. The molecule has 0 aliphatic carbocycles. The molecule has 20 nitrogen and oxygen atoms in total. The predicted molar refractivity (Wildman–Crippen MR) is 397 cm³/mol. The van der Waals surface area contributed by atoms with Crippen molar-refractivity contribution in [1.29, 1.82) is 0 Å². The van der Waals surface area contributed by atoms with Gasteiger partial charge in [0.25, 0.3) is 0 Å². The first-order chi connectivity index (χ1) is 45.2. The SMILES string of the molecule is C.C.C.C.C.C.c1cc2ccncn2c1.c1cc2ccnn2cn1.c1cc2cnccn2c1.c1ccc2ccccc2c1.c1ccn2cccc2c1.c1ccn2nccc2c1.c1cn2nccc2cn1.c1cnc2cccn2c1.c1cnc2ccnn2c1.c1cnn2cccc2c1. The first kappa shape index (κ1) is 74.5. The van der Waals surface area contributed by atoms with Gasteiger partial charge in [-0.05, 0) is 150 Å². The van der Waals surface area contributed by atoms with Crippen LogP contribution in [0, 0.1) is 0 Å². The summed E-state index contributed by atoms with van der Waals surface area (Å²) in [5.74, 6) is 0. The summed E-state index contributed by atoms with van der Waals surface area (Å²) in [6.45, 7) is 0. The van der Waals surface area contributed by atoms with Crippen LogP contribution < -0.4 is 0 Å². The number of fused-ring (bicyclic) bond motifs is 10. The van der Waals surface area contributed by atoms with E-state index in [-0.39, 0.29) is 44.6 Å². The summed E-state index contributed by atoms with van der Waals surface area (Å²) >= 11 is 0. The number of pyridine rings is 2. The molecule has 0 amide bonds. The summed E-state index contributed by atoms with van der Waals surface area (Å²) in [5.41, 5.74) is 9.83. The zero-order chi connectivity index (χ0) is 61.8. The van der Waals surface area contributed by atoms with Gasteiger partial charge < -0.3 is 17.6 Å². The lowest BCUT2D eigenvalue weighted by Crippen LogP contribution is -1.85. The number of aromatic nitrogens is 20. The molecule has 0 radical (unpaired) electrons. The maximum atomic E-state index is 4.10. The van der Waals surface area contributed by atoms with Gasteiger partial charge >= 0.3 is 0 Å². The largest absolute Gasteiger partial charge is 0.324 e. The standard InChI is InChI=1S/C10H8.C8H7N.5C7H6N2.3C6H5N3.6CH4/c1-2-6-10-8-4-3-7-9(10)5-1;1-2-6-9-7-3-5-8(9)4-1;1-3-7-8-4-2-6-9(7)5-1;1-3-7-4-2-6-9(7)8-5-1;1-2-7-3-4-8-6-9(7)5-1;1-2-7-6-8-3-5-9(7)4-1;1-2-6-9-7(3-1)4-5-8-9;1-3-7-5-9-6(1)2-4-8-9;1-3-7-6-2-4-8-9(6)5-1;1-2-8-9-4-3-7-5-6(1)9;;;;;;/h1-8H;1-7H;5*1-6H;3*1-5H;6*1H4. The van der Waals surface area contributed by atoms with Crippen LogP contribution in [0.4, 0.5) is 0 Å². The molecule has 18 heterocycles. The van der Waals surface area contributed by atoms with E-state index < -0.39 is 0 Å². The second-order valence-corrected chi connectivity index (χ2v) is 19.2. The highest BCUT2D eigenvalue weighted by molar-refractivity contribution is 5.82. The number of hydrogen-bond donors (Lipinski definition) is 0. The van der Waals surface area contributed by atoms with Crippen LogP contribution in [0.1, 0.15) is 44.6 Å². The molecule has 0 spiro atoms. The molecule has 18 aromatic heterocycles. The van der Waals surface area contributed by atoms with E-state index >= 15 is 0 Å². The number of benzene rings is 2. The van der Waals surface area contributed by atoms with E-state index in [0.29, 0.717) is 0 Å². The van der Waals surface area contributed by atoms with Gasteiger partial charge in [0.2, 0.25) is 0 Å². The first-order valence-electron chi connectivity index (χ1n) is 28.7. The third kappa shape index (κ3) is 21.7. The lowest BCUT2D eigenvalue weighted by molar-refractivity contribution is 0.921. The average molecular weight is 1290 g/mol. The monoisotopic (exact) mass is 1290 g/mol. The van der Waals surface area contributed by atoms with Crippen LogP contribution in [-0.4, -0.2) is 95.6 Å². The minimum Gasteiger partial charge on any atom is -0.324 e. The van der Waals surface area contributed by atoms with Crippen molar-refractivity contribution in [3.8, 4) is 0 Å². The van der Waals surface area contributed by atoms with Crippen LogP contribution in [0.2, 0.25) is 0 Å². The van der Waals surface area contributed by atoms with Gasteiger partial charge in [-0.25, -0.2) is 42.5 Å². The second kappa shape index (κ2) is 39.9. The van der Waals surface area contributed by atoms with E-state index in [2.05, 4.69) is 120 Å². The Morgan fingerprint density at radius 1 is 0.196 bits per heavy atom. The molecule has 20 aromatic rings. The van der Waals surface area contributed by atoms with Gasteiger partial charge in [0, 0.05) is 135 Å². The lowest BCUT2D eigenvalue weighted by atomic mass is 10.1. The van der Waals surface area contributed by atoms with Crippen molar-refractivity contribution >= 4 is 60.7 Å². The molecule has 0 aliphatic rings. The molecule has 20 heteroatoms. The molecule has 0 unspecified atom stereocenters. The molecule has 0 aliphatic heterocycles. The van der Waals surface area contributed by atoms with Gasteiger partial charge in [-0.3, -0.25) is 9.97 Å². The van der Waals surface area contributed by atoms with Crippen molar-refractivity contribution in [2.24, 2.45) is 0 Å². The minimum absolute atomic E-state index is 0. The predicted octanol–water partition coefficient (Wildman–Crippen LogP) is 17.5. The van der Waals surface area contributed by atoms with Crippen LogP contribution in [0.25, 0.3) is 60.7 Å². The molecule has 0 N–H and O–H groups in total. The summed E-state index contributed by atoms with van der Waals surface area (Å²) in [4.78, 5) is 23.9. The van der Waals surface area contributed by atoms with E-state index in [4.69, 9.17) is 0 Å². The van der Waals surface area contributed by atoms with Crippen LogP contribution >= 0.6 is 0 Å². The van der Waals surface area contributed by atoms with Gasteiger partial charge in [-0.2, -0.15) is 25.5 Å². The normalized spacial score (nSPS) is 9.57. The third-order valence-electron chi connectivity index (χ3n) is 13.2. The van der Waals surface area contributed by atoms with E-state index in [9.17, 15) is 0 Å². The first-order valence-corrected chi connectivity index (χ1v) is 28.7. The van der Waals surface area contributed by atoms with Crippen LogP contribution in [0.3, 0.4) is 0 Å². The fraction of sp³-hybridized carbons (Fsp3) is 0.0779. The quantitative estimate of drug-likeness (QED) is 0.141. The van der Waals surface area contributed by atoms with E-state index in [1.54, 1.807) is 101 Å². The Bertz CT molecular complexity index is 4080. The van der Waals surface area contributed by atoms with Crippen molar-refractivity contribution in [3.05, 3.63) is 368 Å². The smallest absolute Gasteiger partial charge is 0.154 e. The Labute approximate surface area is 565 Å². The van der Waals surface area contributed by atoms with Gasteiger partial charge in [0.15, 0.2) is 5.65 Å². The van der Waals surface area contributed by atoms with Crippen molar-refractivity contribution in [2.75, 3.05) is 0 Å². The average Bonchev–Trinajstić information content (AvgIpc) is 2.42. The van der Waals surface area contributed by atoms with Gasteiger partial charge in [0.1, 0.15) is 12.0 Å². The Morgan fingerprint density at radius 2 is 0.598 bits per heavy atom. The van der Waals surface area contributed by atoms with E-state index in [1.165, 1.54) is 21.8 Å². The molecule has 0 fully saturated rings. The Hall–Kier alpha value is -13.2. The van der Waals surface area contributed by atoms with Crippen LogP contribution in [0.5, 0.6) is 0 Å². The molecule has 0 saturated heterocycles. The molecule has 2 aromatic carbocycles. The number of rotatable bonds is 0. The number of nitrogens with zero attached hydrogens (tertiary/aromatic N) is 20. The molecule has 0 bridgehead atoms. The number of hydrogen-bond acceptors (Lipinski definition) is 11. The summed E-state index contributed by atoms with van der Waals surface area (Å²) in [6.07, 6.45) is 47.8. The topological polar surface area (TPSA) is 181 Å². The maximum absolute atomic E-state index is 4.10. The Balaban J connectivity index is 0.000000193. The highest BCUT2D eigenvalue weighted by atomic mass is 15.2. The van der Waals surface area contributed by atoms with Crippen molar-refractivity contribution in [1.82, 2.24) is 95.6 Å². The summed E-state index contributed by atoms with van der Waals surface area (Å²) in [5, 5.41) is 22.7. The van der Waals surface area contributed by atoms with E-state index in [0.717, 1.165) is 38.9 Å². The van der Waals surface area contributed by atoms with Crippen molar-refractivity contribution in [2.45, 2.75) is 44.6 Å². The Morgan fingerprint density at radius 3 is 1.25 bits per heavy atom. The van der Waals surface area contributed by atoms with Gasteiger partial charge in [-0.1, -0.05) is 105 Å². The zero-order valence-corrected chi connectivity index (χ0v) is 49.1. The van der Waals surface area contributed by atoms with Gasteiger partial charge in [-0.15, -0.1) is 0 Å². The second-order valence-electron chi connectivity index (χ2n) is 19.2. The zero-order valence-electron chi connectivity index (χ0n) is 49.1. The van der Waals surface area contributed by atoms with Crippen LogP contribution in [0.15, 0.2) is 368 Å². The molecule has 0 saturated carbocycles. The molecular weight excluding hydrogens is 1200 g/mol. The highest BCUT2D eigenvalue weighted by Gasteiger charge is 1.93. The van der Waals surface area contributed by atoms with Crippen molar-refractivity contribution < 1.29 is 0 Å². The lowest BCUT2D eigenvalue weighted by Gasteiger charge is -1.92.